The summed E-state index contributed by atoms with van der Waals surface area (Å²) in [5.74, 6) is 1.83. The van der Waals surface area contributed by atoms with E-state index in [-0.39, 0.29) is 23.6 Å². The molecule has 0 radical (unpaired) electrons. The van der Waals surface area contributed by atoms with Gasteiger partial charge in [0.05, 0.1) is 5.92 Å². The highest BCUT2D eigenvalue weighted by atomic mass is 19.4. The number of aromatic nitrogens is 2. The van der Waals surface area contributed by atoms with Crippen LogP contribution in [0.15, 0.2) is 28.8 Å². The lowest BCUT2D eigenvalue weighted by atomic mass is 9.85. The van der Waals surface area contributed by atoms with Gasteiger partial charge in [-0.25, -0.2) is 10.0 Å². The fourth-order valence-corrected chi connectivity index (χ4v) is 4.61. The second-order valence-electron chi connectivity index (χ2n) is 8.84. The van der Waals surface area contributed by atoms with Crippen molar-refractivity contribution >= 4 is 0 Å². The van der Waals surface area contributed by atoms with E-state index in [1.807, 2.05) is 0 Å². The predicted molar refractivity (Wildman–Crippen MR) is 105 cm³/mol. The predicted octanol–water partition coefficient (Wildman–Crippen LogP) is 3.37. The molecule has 0 bridgehead atoms. The second kappa shape index (κ2) is 8.07. The summed E-state index contributed by atoms with van der Waals surface area (Å²) in [6.45, 7) is 3.24. The highest BCUT2D eigenvalue weighted by Crippen LogP contribution is 2.41. The summed E-state index contributed by atoms with van der Waals surface area (Å²) in [5, 5.41) is 8.75. The number of nitrogens with two attached hydrogens (primary N) is 1. The first-order valence-corrected chi connectivity index (χ1v) is 10.8. The van der Waals surface area contributed by atoms with Gasteiger partial charge < -0.3 is 15.0 Å². The molecule has 2 aliphatic heterocycles. The van der Waals surface area contributed by atoms with E-state index in [2.05, 4.69) is 24.9 Å². The largest absolute Gasteiger partial charge is 0.573 e. The minimum atomic E-state index is -4.69. The lowest BCUT2D eigenvalue weighted by molar-refractivity contribution is -0.274. The summed E-state index contributed by atoms with van der Waals surface area (Å²) in [6, 6.07) is 6.33. The van der Waals surface area contributed by atoms with E-state index in [0.29, 0.717) is 11.8 Å². The summed E-state index contributed by atoms with van der Waals surface area (Å²) in [6.07, 6.45) is -0.739. The van der Waals surface area contributed by atoms with Gasteiger partial charge in [-0.3, -0.25) is 0 Å². The number of hydrogen-bond donors (Lipinski definition) is 1. The zero-order valence-corrected chi connectivity index (χ0v) is 17.1. The minimum absolute atomic E-state index is 0.0571. The van der Waals surface area contributed by atoms with Gasteiger partial charge in [0.15, 0.2) is 5.82 Å². The average Bonchev–Trinajstić information content (AvgIpc) is 3.29. The fourth-order valence-electron chi connectivity index (χ4n) is 4.61. The van der Waals surface area contributed by atoms with Crippen LogP contribution in [0.3, 0.4) is 0 Å². The Kier molecular flexibility index (Phi) is 5.39. The van der Waals surface area contributed by atoms with Crippen LogP contribution in [0.25, 0.3) is 0 Å². The van der Waals surface area contributed by atoms with E-state index in [0.717, 1.165) is 63.3 Å². The molecule has 3 fully saturated rings. The van der Waals surface area contributed by atoms with Crippen LogP contribution < -0.4 is 10.5 Å². The number of hydrogen-bond acceptors (Lipinski definition) is 7. The fraction of sp³-hybridized carbons (Fsp3) is 0.619. The molecule has 3 atom stereocenters. The number of rotatable bonds is 5. The Labute approximate surface area is 178 Å². The molecule has 31 heavy (non-hydrogen) atoms. The van der Waals surface area contributed by atoms with Gasteiger partial charge in [0.2, 0.25) is 5.89 Å². The van der Waals surface area contributed by atoms with Gasteiger partial charge in [0.1, 0.15) is 5.75 Å². The third-order valence-corrected chi connectivity index (χ3v) is 6.37. The summed E-state index contributed by atoms with van der Waals surface area (Å²) < 4.78 is 47.1. The molecule has 10 heteroatoms. The highest BCUT2D eigenvalue weighted by Gasteiger charge is 2.38. The van der Waals surface area contributed by atoms with E-state index in [1.54, 1.807) is 12.1 Å². The van der Waals surface area contributed by atoms with Gasteiger partial charge >= 0.3 is 6.36 Å². The van der Waals surface area contributed by atoms with Crippen molar-refractivity contribution in [1.82, 2.24) is 20.2 Å². The van der Waals surface area contributed by atoms with Crippen molar-refractivity contribution in [2.24, 2.45) is 5.73 Å². The van der Waals surface area contributed by atoms with Gasteiger partial charge in [-0.05, 0) is 49.3 Å². The van der Waals surface area contributed by atoms with Crippen LogP contribution in [0.2, 0.25) is 0 Å². The van der Waals surface area contributed by atoms with Crippen LogP contribution in [0.4, 0.5) is 13.2 Å². The van der Waals surface area contributed by atoms with Crippen LogP contribution in [0.1, 0.15) is 60.7 Å². The number of piperidine rings is 1. The first-order chi connectivity index (χ1) is 14.8. The van der Waals surface area contributed by atoms with Crippen LogP contribution in [0.5, 0.6) is 5.75 Å². The smallest absolute Gasteiger partial charge is 0.406 e. The monoisotopic (exact) mass is 437 g/mol. The SMILES string of the molecule is NC1CCN(N2CC(c3ccc(OC(F)(F)F)cc3)CC(c3nc(C4CC4)no3)C2)C1. The minimum Gasteiger partial charge on any atom is -0.406 e. The van der Waals surface area contributed by atoms with Gasteiger partial charge in [0.25, 0.3) is 0 Å². The number of ether oxygens (including phenoxy) is 1. The molecule has 7 nitrogen and oxygen atoms in total. The molecular formula is C21H26F3N5O2. The first kappa shape index (κ1) is 20.7. The van der Waals surface area contributed by atoms with Crippen LogP contribution in [0, 0.1) is 0 Å². The lowest BCUT2D eigenvalue weighted by Crippen LogP contribution is -2.49. The summed E-state index contributed by atoms with van der Waals surface area (Å²) in [7, 11) is 0. The molecule has 3 unspecified atom stereocenters. The molecule has 3 heterocycles. The number of halogens is 3. The zero-order valence-electron chi connectivity index (χ0n) is 17.1. The third kappa shape index (κ3) is 4.86. The molecule has 2 aromatic rings. The maximum Gasteiger partial charge on any atom is 0.573 e. The molecule has 5 rings (SSSR count). The lowest BCUT2D eigenvalue weighted by Gasteiger charge is -2.41. The Balaban J connectivity index is 1.36. The van der Waals surface area contributed by atoms with Gasteiger partial charge in [-0.2, -0.15) is 4.98 Å². The summed E-state index contributed by atoms with van der Waals surface area (Å²) in [5.41, 5.74) is 7.09. The summed E-state index contributed by atoms with van der Waals surface area (Å²) >= 11 is 0. The van der Waals surface area contributed by atoms with Crippen LogP contribution >= 0.6 is 0 Å². The van der Waals surface area contributed by atoms with E-state index >= 15 is 0 Å². The van der Waals surface area contributed by atoms with Crippen molar-refractivity contribution in [2.45, 2.75) is 55.8 Å². The van der Waals surface area contributed by atoms with Crippen molar-refractivity contribution in [3.8, 4) is 5.75 Å². The maximum atomic E-state index is 12.5. The van der Waals surface area contributed by atoms with Gasteiger partial charge in [-0.1, -0.05) is 17.3 Å². The number of nitrogens with zero attached hydrogens (tertiary/aromatic N) is 4. The number of benzene rings is 1. The average molecular weight is 437 g/mol. The molecule has 2 N–H and O–H groups in total. The van der Waals surface area contributed by atoms with Gasteiger partial charge in [0, 0.05) is 38.1 Å². The first-order valence-electron chi connectivity index (χ1n) is 10.8. The molecule has 168 valence electrons. The van der Waals surface area contributed by atoms with Crippen molar-refractivity contribution in [2.75, 3.05) is 26.2 Å². The van der Waals surface area contributed by atoms with Crippen molar-refractivity contribution in [3.63, 3.8) is 0 Å². The Morgan fingerprint density at radius 3 is 2.35 bits per heavy atom. The van der Waals surface area contributed by atoms with Crippen molar-refractivity contribution < 1.29 is 22.4 Å². The van der Waals surface area contributed by atoms with Crippen molar-refractivity contribution in [3.05, 3.63) is 41.5 Å². The molecule has 1 saturated carbocycles. The topological polar surface area (TPSA) is 80.7 Å². The van der Waals surface area contributed by atoms with E-state index < -0.39 is 6.36 Å². The van der Waals surface area contributed by atoms with E-state index in [1.165, 1.54) is 12.1 Å². The molecule has 2 saturated heterocycles. The third-order valence-electron chi connectivity index (χ3n) is 6.37. The Hall–Kier alpha value is -2.17. The quantitative estimate of drug-likeness (QED) is 0.768. The molecule has 3 aliphatic rings. The highest BCUT2D eigenvalue weighted by molar-refractivity contribution is 5.30. The zero-order chi connectivity index (χ0) is 21.6. The van der Waals surface area contributed by atoms with Crippen LogP contribution in [-0.4, -0.2) is 58.7 Å². The normalized spacial score (nSPS) is 28.2. The maximum absolute atomic E-state index is 12.5. The molecule has 0 amide bonds. The molecule has 1 aromatic heterocycles. The Morgan fingerprint density at radius 1 is 0.968 bits per heavy atom. The molecular weight excluding hydrogens is 411 g/mol. The van der Waals surface area contributed by atoms with E-state index in [4.69, 9.17) is 10.3 Å². The number of hydrazine groups is 1. The Morgan fingerprint density at radius 2 is 1.71 bits per heavy atom. The van der Waals surface area contributed by atoms with Gasteiger partial charge in [-0.15, -0.1) is 13.2 Å². The standard InChI is InChI=1S/C21H26F3N5O2/c22-21(23,24)30-18-5-3-13(4-6-18)15-9-16(20-26-19(27-31-20)14-1-2-14)11-29(10-15)28-8-7-17(25)12-28/h3-6,14-17H,1-2,7-12,25H2. The number of alkyl halides is 3. The van der Waals surface area contributed by atoms with Crippen molar-refractivity contribution in [1.29, 1.82) is 0 Å². The van der Waals surface area contributed by atoms with E-state index in [9.17, 15) is 13.2 Å². The Bertz CT molecular complexity index is 899. The molecule has 1 aliphatic carbocycles. The molecule has 1 aromatic carbocycles. The molecule has 0 spiro atoms. The second-order valence-corrected chi connectivity index (χ2v) is 8.84. The summed E-state index contributed by atoms with van der Waals surface area (Å²) in [4.78, 5) is 4.66. The van der Waals surface area contributed by atoms with Crippen LogP contribution in [-0.2, 0) is 0 Å².